The fourth-order valence-electron chi connectivity index (χ4n) is 6.70. The van der Waals surface area contributed by atoms with Crippen molar-refractivity contribution in [2.24, 2.45) is 0 Å². The Labute approximate surface area is 272 Å². The fraction of sp³-hybridized carbons (Fsp3) is 0.471. The summed E-state index contributed by atoms with van der Waals surface area (Å²) in [7, 11) is 0. The molecule has 2 atom stereocenters. The summed E-state index contributed by atoms with van der Waals surface area (Å²) in [5.74, 6) is -2.04. The van der Waals surface area contributed by atoms with E-state index < -0.39 is 35.8 Å². The first kappa shape index (κ1) is 32.3. The molecule has 248 valence electrons. The number of nitrogens with one attached hydrogen (secondary N) is 2. The predicted octanol–water partition coefficient (Wildman–Crippen LogP) is 1.99. The number of amides is 6. The average Bonchev–Trinajstić information content (AvgIpc) is 3.33. The van der Waals surface area contributed by atoms with Gasteiger partial charge in [0.25, 0.3) is 11.8 Å². The van der Waals surface area contributed by atoms with Crippen molar-refractivity contribution < 1.29 is 38.2 Å². The molecule has 3 fully saturated rings. The summed E-state index contributed by atoms with van der Waals surface area (Å²) < 4.78 is 11.3. The lowest BCUT2D eigenvalue weighted by Crippen LogP contribution is -2.54. The van der Waals surface area contributed by atoms with E-state index in [-0.39, 0.29) is 43.1 Å². The Morgan fingerprint density at radius 3 is 2.49 bits per heavy atom. The smallest absolute Gasteiger partial charge is 0.407 e. The van der Waals surface area contributed by atoms with Crippen molar-refractivity contribution in [3.05, 3.63) is 70.8 Å². The second kappa shape index (κ2) is 14.4. The third-order valence-electron chi connectivity index (χ3n) is 9.23. The summed E-state index contributed by atoms with van der Waals surface area (Å²) in [6.45, 7) is 3.39. The standard InChI is InChI=1S/C34H39N5O8/c40-28-11-10-27(31(42)36-28)39-32(43)26-8-4-7-23(30(26)33(39)44)19-37-17-18-46-25(20-37)9-12-29(41)38-15-13-24(14-16-38)35-34(45)47-21-22-5-2-1-3-6-22/h1-8,24-25,27H,9-21H2,(H,35,45)(H,36,40,42)/t25-,27?/m1/s1. The van der Waals surface area contributed by atoms with Crippen LogP contribution in [0.15, 0.2) is 48.5 Å². The second-order valence-corrected chi connectivity index (χ2v) is 12.4. The molecule has 0 radical (unpaired) electrons. The summed E-state index contributed by atoms with van der Waals surface area (Å²) in [6, 6.07) is 13.6. The summed E-state index contributed by atoms with van der Waals surface area (Å²) >= 11 is 0. The van der Waals surface area contributed by atoms with Crippen molar-refractivity contribution in [1.29, 1.82) is 0 Å². The van der Waals surface area contributed by atoms with Crippen LogP contribution in [0.5, 0.6) is 0 Å². The molecule has 4 heterocycles. The number of ether oxygens (including phenoxy) is 2. The van der Waals surface area contributed by atoms with Crippen LogP contribution in [-0.4, -0.2) is 101 Å². The summed E-state index contributed by atoms with van der Waals surface area (Å²) in [5, 5.41) is 5.13. The number of hydrogen-bond acceptors (Lipinski definition) is 9. The van der Waals surface area contributed by atoms with Gasteiger partial charge in [0.05, 0.1) is 23.8 Å². The van der Waals surface area contributed by atoms with Gasteiger partial charge >= 0.3 is 6.09 Å². The highest BCUT2D eigenvalue weighted by Gasteiger charge is 2.45. The zero-order valence-corrected chi connectivity index (χ0v) is 26.2. The zero-order chi connectivity index (χ0) is 32.9. The van der Waals surface area contributed by atoms with Gasteiger partial charge in [-0.15, -0.1) is 0 Å². The highest BCUT2D eigenvalue weighted by Crippen LogP contribution is 2.31. The van der Waals surface area contributed by atoms with Crippen LogP contribution in [0, 0.1) is 0 Å². The molecule has 2 aromatic rings. The number of fused-ring (bicyclic) bond motifs is 1. The quantitative estimate of drug-likeness (QED) is 0.390. The predicted molar refractivity (Wildman–Crippen MR) is 167 cm³/mol. The van der Waals surface area contributed by atoms with Crippen molar-refractivity contribution in [1.82, 2.24) is 25.3 Å². The van der Waals surface area contributed by atoms with Crippen molar-refractivity contribution in [3.8, 4) is 0 Å². The molecule has 0 saturated carbocycles. The zero-order valence-electron chi connectivity index (χ0n) is 26.2. The number of carbonyl (C=O) groups excluding carboxylic acids is 6. The van der Waals surface area contributed by atoms with Gasteiger partial charge in [-0.2, -0.15) is 0 Å². The van der Waals surface area contributed by atoms with Crippen LogP contribution < -0.4 is 10.6 Å². The summed E-state index contributed by atoms with van der Waals surface area (Å²) in [5.41, 5.74) is 2.16. The van der Waals surface area contributed by atoms with E-state index in [1.54, 1.807) is 12.1 Å². The van der Waals surface area contributed by atoms with Gasteiger partial charge in [0, 0.05) is 51.6 Å². The number of morpholine rings is 1. The van der Waals surface area contributed by atoms with Crippen molar-refractivity contribution >= 4 is 35.6 Å². The minimum atomic E-state index is -1.01. The molecule has 47 heavy (non-hydrogen) atoms. The lowest BCUT2D eigenvalue weighted by molar-refractivity contribution is -0.136. The molecular formula is C34H39N5O8. The number of alkyl carbamates (subject to hydrolysis) is 1. The van der Waals surface area contributed by atoms with E-state index in [1.807, 2.05) is 41.3 Å². The van der Waals surface area contributed by atoms with Crippen LogP contribution >= 0.6 is 0 Å². The van der Waals surface area contributed by atoms with Crippen molar-refractivity contribution in [2.45, 2.75) is 69.9 Å². The second-order valence-electron chi connectivity index (χ2n) is 12.4. The molecule has 13 heteroatoms. The van der Waals surface area contributed by atoms with Gasteiger partial charge in [0.1, 0.15) is 12.6 Å². The van der Waals surface area contributed by atoms with Crippen molar-refractivity contribution in [3.63, 3.8) is 0 Å². The molecule has 0 aliphatic carbocycles. The topological polar surface area (TPSA) is 155 Å². The molecule has 2 N–H and O–H groups in total. The summed E-state index contributed by atoms with van der Waals surface area (Å²) in [6.07, 6.45) is 1.75. The van der Waals surface area contributed by atoms with E-state index in [2.05, 4.69) is 15.5 Å². The molecule has 4 aliphatic heterocycles. The lowest BCUT2D eigenvalue weighted by atomic mass is 10.0. The third-order valence-corrected chi connectivity index (χ3v) is 9.23. The van der Waals surface area contributed by atoms with Crippen LogP contribution in [-0.2, 0) is 37.0 Å². The van der Waals surface area contributed by atoms with E-state index in [1.165, 1.54) is 0 Å². The number of hydrogen-bond donors (Lipinski definition) is 2. The van der Waals surface area contributed by atoms with Gasteiger partial charge in [0.2, 0.25) is 17.7 Å². The molecule has 0 bridgehead atoms. The van der Waals surface area contributed by atoms with Crippen LogP contribution in [0.4, 0.5) is 4.79 Å². The van der Waals surface area contributed by atoms with Gasteiger partial charge in [-0.25, -0.2) is 4.79 Å². The number of nitrogens with zero attached hydrogens (tertiary/aromatic N) is 3. The van der Waals surface area contributed by atoms with Crippen LogP contribution in [0.1, 0.15) is 70.4 Å². The molecule has 13 nitrogen and oxygen atoms in total. The number of rotatable bonds is 9. The van der Waals surface area contributed by atoms with Gasteiger partial charge in [-0.1, -0.05) is 42.5 Å². The molecule has 0 spiro atoms. The minimum absolute atomic E-state index is 0.0460. The Hall–Kier alpha value is -4.62. The Morgan fingerprint density at radius 2 is 1.72 bits per heavy atom. The normalized spacial score (nSPS) is 22.2. The molecule has 6 rings (SSSR count). The van der Waals surface area contributed by atoms with E-state index in [0.717, 1.165) is 10.5 Å². The first-order valence-electron chi connectivity index (χ1n) is 16.2. The monoisotopic (exact) mass is 645 g/mol. The number of likely N-dealkylation sites (tertiary alicyclic amines) is 1. The Balaban J connectivity index is 0.956. The van der Waals surface area contributed by atoms with Crippen LogP contribution in [0.3, 0.4) is 0 Å². The number of imide groups is 2. The minimum Gasteiger partial charge on any atom is -0.445 e. The third kappa shape index (κ3) is 7.52. The van der Waals surface area contributed by atoms with Gasteiger partial charge < -0.3 is 19.7 Å². The molecule has 1 unspecified atom stereocenters. The summed E-state index contributed by atoms with van der Waals surface area (Å²) in [4.78, 5) is 80.9. The van der Waals surface area contributed by atoms with Gasteiger partial charge in [-0.05, 0) is 42.9 Å². The van der Waals surface area contributed by atoms with Crippen LogP contribution in [0.25, 0.3) is 0 Å². The van der Waals surface area contributed by atoms with E-state index in [4.69, 9.17) is 9.47 Å². The first-order valence-corrected chi connectivity index (χ1v) is 16.2. The Kier molecular flexibility index (Phi) is 9.92. The number of piperidine rings is 2. The highest BCUT2D eigenvalue weighted by atomic mass is 16.5. The Bertz CT molecular complexity index is 1540. The maximum atomic E-state index is 13.5. The largest absolute Gasteiger partial charge is 0.445 e. The molecular weight excluding hydrogens is 606 g/mol. The average molecular weight is 646 g/mol. The molecule has 3 saturated heterocycles. The van der Waals surface area contributed by atoms with Gasteiger partial charge in [0.15, 0.2) is 0 Å². The van der Waals surface area contributed by atoms with E-state index in [9.17, 15) is 28.8 Å². The number of benzene rings is 2. The van der Waals surface area contributed by atoms with Crippen molar-refractivity contribution in [2.75, 3.05) is 32.8 Å². The Morgan fingerprint density at radius 1 is 0.936 bits per heavy atom. The van der Waals surface area contributed by atoms with E-state index >= 15 is 0 Å². The fourth-order valence-corrected chi connectivity index (χ4v) is 6.70. The molecule has 6 amide bonds. The lowest BCUT2D eigenvalue weighted by Gasteiger charge is -2.35. The first-order chi connectivity index (χ1) is 22.8. The van der Waals surface area contributed by atoms with E-state index in [0.29, 0.717) is 76.1 Å². The van der Waals surface area contributed by atoms with Gasteiger partial charge in [-0.3, -0.25) is 39.1 Å². The van der Waals surface area contributed by atoms with Crippen LogP contribution in [0.2, 0.25) is 0 Å². The molecule has 2 aromatic carbocycles. The molecule has 0 aromatic heterocycles. The maximum Gasteiger partial charge on any atom is 0.407 e. The SMILES string of the molecule is O=C1CCC(N2C(=O)c3cccc(CN4CCO[C@H](CCC(=O)N5CCC(NC(=O)OCc6ccccc6)CC5)C4)c3C2=O)C(=O)N1. The number of carbonyl (C=O) groups is 6. The maximum absolute atomic E-state index is 13.5. The highest BCUT2D eigenvalue weighted by molar-refractivity contribution is 6.24. The molecule has 4 aliphatic rings.